The molecule has 1 unspecified atom stereocenters. The second-order valence-corrected chi connectivity index (χ2v) is 6.02. The molecular formula is C15H31N3O. The number of carbonyl (C=O) groups is 1. The molecule has 0 spiro atoms. The van der Waals surface area contributed by atoms with E-state index in [0.717, 1.165) is 45.4 Å². The van der Waals surface area contributed by atoms with E-state index in [-0.39, 0.29) is 11.9 Å². The lowest BCUT2D eigenvalue weighted by atomic mass is 10.0. The van der Waals surface area contributed by atoms with Gasteiger partial charge in [0.2, 0.25) is 5.91 Å². The first-order valence-corrected chi connectivity index (χ1v) is 7.79. The summed E-state index contributed by atoms with van der Waals surface area (Å²) in [6.07, 6.45) is 3.36. The summed E-state index contributed by atoms with van der Waals surface area (Å²) in [6.45, 7) is 12.4. The molecular weight excluding hydrogens is 238 g/mol. The Hall–Kier alpha value is -0.610. The van der Waals surface area contributed by atoms with Crippen LogP contribution in [0.2, 0.25) is 0 Å². The Morgan fingerprint density at radius 1 is 1.26 bits per heavy atom. The van der Waals surface area contributed by atoms with Gasteiger partial charge < -0.3 is 10.6 Å². The molecule has 1 rings (SSSR count). The number of hydrogen-bond donors (Lipinski definition) is 2. The van der Waals surface area contributed by atoms with Gasteiger partial charge in [-0.1, -0.05) is 20.8 Å². The maximum atomic E-state index is 12.1. The van der Waals surface area contributed by atoms with E-state index in [1.165, 1.54) is 0 Å². The van der Waals surface area contributed by atoms with Crippen LogP contribution < -0.4 is 10.6 Å². The number of carbonyl (C=O) groups excluding carboxylic acids is 1. The molecule has 4 nitrogen and oxygen atoms in total. The quantitative estimate of drug-likeness (QED) is 0.738. The van der Waals surface area contributed by atoms with Gasteiger partial charge in [-0.3, -0.25) is 9.69 Å². The van der Waals surface area contributed by atoms with Crippen molar-refractivity contribution in [1.82, 2.24) is 15.5 Å². The molecule has 1 amide bonds. The molecule has 0 bridgehead atoms. The van der Waals surface area contributed by atoms with Crippen LogP contribution in [0.3, 0.4) is 0 Å². The van der Waals surface area contributed by atoms with E-state index in [2.05, 4.69) is 36.3 Å². The average molecular weight is 269 g/mol. The van der Waals surface area contributed by atoms with Gasteiger partial charge in [-0.25, -0.2) is 0 Å². The number of likely N-dealkylation sites (tertiary alicyclic amines) is 1. The lowest BCUT2D eigenvalue weighted by Crippen LogP contribution is -2.51. The Morgan fingerprint density at radius 2 is 1.89 bits per heavy atom. The molecule has 0 aromatic carbocycles. The van der Waals surface area contributed by atoms with Crippen LogP contribution >= 0.6 is 0 Å². The van der Waals surface area contributed by atoms with Crippen molar-refractivity contribution in [2.75, 3.05) is 26.2 Å². The van der Waals surface area contributed by atoms with Gasteiger partial charge >= 0.3 is 0 Å². The van der Waals surface area contributed by atoms with Gasteiger partial charge in [0.1, 0.15) is 0 Å². The van der Waals surface area contributed by atoms with E-state index < -0.39 is 0 Å². The van der Waals surface area contributed by atoms with Crippen LogP contribution in [0.25, 0.3) is 0 Å². The molecule has 0 aromatic heterocycles. The molecule has 0 saturated carbocycles. The third-order valence-electron chi connectivity index (χ3n) is 3.97. The summed E-state index contributed by atoms with van der Waals surface area (Å²) >= 11 is 0. The van der Waals surface area contributed by atoms with Crippen LogP contribution in [0.1, 0.15) is 47.0 Å². The summed E-state index contributed by atoms with van der Waals surface area (Å²) in [4.78, 5) is 14.4. The summed E-state index contributed by atoms with van der Waals surface area (Å²) in [5.74, 6) is 0.828. The summed E-state index contributed by atoms with van der Waals surface area (Å²) in [5, 5.41) is 6.54. The summed E-state index contributed by atoms with van der Waals surface area (Å²) in [6, 6.07) is 0.646. The first-order chi connectivity index (χ1) is 9.04. The predicted octanol–water partition coefficient (Wildman–Crippen LogP) is 1.61. The van der Waals surface area contributed by atoms with Crippen LogP contribution in [-0.2, 0) is 4.79 Å². The maximum absolute atomic E-state index is 12.1. The van der Waals surface area contributed by atoms with Crippen LogP contribution in [0.5, 0.6) is 0 Å². The molecule has 19 heavy (non-hydrogen) atoms. The number of nitrogens with zero attached hydrogens (tertiary/aromatic N) is 1. The maximum Gasteiger partial charge on any atom is 0.237 e. The second kappa shape index (κ2) is 8.54. The van der Waals surface area contributed by atoms with Crippen LogP contribution in [0.15, 0.2) is 0 Å². The smallest absolute Gasteiger partial charge is 0.237 e. The highest BCUT2D eigenvalue weighted by molar-refractivity contribution is 5.81. The van der Waals surface area contributed by atoms with Crippen LogP contribution in [0, 0.1) is 5.92 Å². The molecule has 0 radical (unpaired) electrons. The molecule has 1 aliphatic rings. The van der Waals surface area contributed by atoms with E-state index in [1.54, 1.807) is 0 Å². The molecule has 1 heterocycles. The highest BCUT2D eigenvalue weighted by Gasteiger charge is 2.25. The summed E-state index contributed by atoms with van der Waals surface area (Å²) in [5.41, 5.74) is 0. The average Bonchev–Trinajstić information content (AvgIpc) is 2.38. The fraction of sp³-hybridized carbons (Fsp3) is 0.933. The highest BCUT2D eigenvalue weighted by Crippen LogP contribution is 2.13. The minimum atomic E-state index is 0.00902. The van der Waals surface area contributed by atoms with Crippen molar-refractivity contribution in [2.24, 2.45) is 5.92 Å². The van der Waals surface area contributed by atoms with Crippen molar-refractivity contribution in [3.05, 3.63) is 0 Å². The van der Waals surface area contributed by atoms with Crippen molar-refractivity contribution in [1.29, 1.82) is 0 Å². The Kier molecular flexibility index (Phi) is 7.39. The third-order valence-corrected chi connectivity index (χ3v) is 3.97. The first-order valence-electron chi connectivity index (χ1n) is 7.79. The molecule has 0 aliphatic carbocycles. The second-order valence-electron chi connectivity index (χ2n) is 6.02. The topological polar surface area (TPSA) is 44.4 Å². The Bertz CT molecular complexity index is 260. The first kappa shape index (κ1) is 16.4. The highest BCUT2D eigenvalue weighted by atomic mass is 16.2. The van der Waals surface area contributed by atoms with Crippen LogP contribution in [-0.4, -0.2) is 49.1 Å². The minimum Gasteiger partial charge on any atom is -0.355 e. The van der Waals surface area contributed by atoms with Crippen molar-refractivity contribution in [3.8, 4) is 0 Å². The summed E-state index contributed by atoms with van der Waals surface area (Å²) in [7, 11) is 0. The predicted molar refractivity (Wildman–Crippen MR) is 80.2 cm³/mol. The number of amides is 1. The Morgan fingerprint density at radius 3 is 2.42 bits per heavy atom. The van der Waals surface area contributed by atoms with Gasteiger partial charge in [0.25, 0.3) is 0 Å². The zero-order valence-electron chi connectivity index (χ0n) is 13.0. The molecule has 4 heteroatoms. The van der Waals surface area contributed by atoms with Gasteiger partial charge in [0.05, 0.1) is 6.04 Å². The molecule has 2 N–H and O–H groups in total. The minimum absolute atomic E-state index is 0.00902. The lowest BCUT2D eigenvalue weighted by Gasteiger charge is -2.35. The monoisotopic (exact) mass is 269 g/mol. The molecule has 1 fully saturated rings. The largest absolute Gasteiger partial charge is 0.355 e. The van der Waals surface area contributed by atoms with Gasteiger partial charge in [0, 0.05) is 25.7 Å². The Labute approximate surface area is 118 Å². The molecule has 1 atom stereocenters. The number of piperidine rings is 1. The molecule has 1 aliphatic heterocycles. The molecule has 112 valence electrons. The summed E-state index contributed by atoms with van der Waals surface area (Å²) < 4.78 is 0. The number of hydrogen-bond acceptors (Lipinski definition) is 3. The van der Waals surface area contributed by atoms with E-state index in [0.29, 0.717) is 12.0 Å². The van der Waals surface area contributed by atoms with Gasteiger partial charge in [-0.15, -0.1) is 0 Å². The standard InChI is InChI=1S/C15H31N3O/c1-5-16-14-7-10-18(11-8-14)13(4)15(19)17-9-6-12(2)3/h12-14,16H,5-11H2,1-4H3,(H,17,19). The number of nitrogens with one attached hydrogen (secondary N) is 2. The van der Waals surface area contributed by atoms with Crippen molar-refractivity contribution in [3.63, 3.8) is 0 Å². The normalized spacial score (nSPS) is 19.6. The van der Waals surface area contributed by atoms with Crippen molar-refractivity contribution < 1.29 is 4.79 Å². The van der Waals surface area contributed by atoms with Crippen molar-refractivity contribution >= 4 is 5.91 Å². The zero-order chi connectivity index (χ0) is 14.3. The fourth-order valence-electron chi connectivity index (χ4n) is 2.58. The Balaban J connectivity index is 2.25. The van der Waals surface area contributed by atoms with E-state index in [9.17, 15) is 4.79 Å². The fourth-order valence-corrected chi connectivity index (χ4v) is 2.58. The van der Waals surface area contributed by atoms with Gasteiger partial charge in [0.15, 0.2) is 0 Å². The van der Waals surface area contributed by atoms with Crippen LogP contribution in [0.4, 0.5) is 0 Å². The molecule has 1 saturated heterocycles. The number of rotatable bonds is 7. The zero-order valence-corrected chi connectivity index (χ0v) is 13.0. The SMILES string of the molecule is CCNC1CCN(C(C)C(=O)NCCC(C)C)CC1. The van der Waals surface area contributed by atoms with E-state index >= 15 is 0 Å². The lowest BCUT2D eigenvalue weighted by molar-refractivity contribution is -0.126. The van der Waals surface area contributed by atoms with E-state index in [1.807, 2.05) is 6.92 Å². The van der Waals surface area contributed by atoms with Gasteiger partial charge in [-0.05, 0) is 38.6 Å². The van der Waals surface area contributed by atoms with E-state index in [4.69, 9.17) is 0 Å². The molecule has 0 aromatic rings. The third kappa shape index (κ3) is 5.91. The van der Waals surface area contributed by atoms with Gasteiger partial charge in [-0.2, -0.15) is 0 Å². The van der Waals surface area contributed by atoms with Crippen molar-refractivity contribution in [2.45, 2.75) is 59.0 Å².